The van der Waals surface area contributed by atoms with Gasteiger partial charge in [-0.05, 0) is 67.6 Å². The SMILES string of the molecule is Cc1cc(/C=C2/SC(=Nc3cccc(Cl)c3Cl)NC2=O)c(C)n1-c1ccncc1. The summed E-state index contributed by atoms with van der Waals surface area (Å²) >= 11 is 13.5. The molecule has 0 bridgehead atoms. The molecule has 146 valence electrons. The number of amidine groups is 1. The Kier molecular flexibility index (Phi) is 5.50. The molecule has 3 heterocycles. The monoisotopic (exact) mass is 442 g/mol. The Morgan fingerprint density at radius 3 is 2.69 bits per heavy atom. The number of aromatic nitrogens is 2. The zero-order chi connectivity index (χ0) is 20.5. The van der Waals surface area contributed by atoms with Crippen LogP contribution in [0.25, 0.3) is 11.8 Å². The molecule has 8 heteroatoms. The molecule has 1 aliphatic heterocycles. The number of nitrogens with zero attached hydrogens (tertiary/aromatic N) is 3. The van der Waals surface area contributed by atoms with Gasteiger partial charge in [-0.2, -0.15) is 0 Å². The molecule has 0 atom stereocenters. The summed E-state index contributed by atoms with van der Waals surface area (Å²) in [5.74, 6) is -0.194. The van der Waals surface area contributed by atoms with Gasteiger partial charge in [-0.3, -0.25) is 9.78 Å². The summed E-state index contributed by atoms with van der Waals surface area (Å²) in [4.78, 5) is 21.5. The summed E-state index contributed by atoms with van der Waals surface area (Å²) in [6.07, 6.45) is 5.40. The van der Waals surface area contributed by atoms with Crippen LogP contribution in [0.1, 0.15) is 17.0 Å². The van der Waals surface area contributed by atoms with Crippen LogP contribution in [0.5, 0.6) is 0 Å². The second-order valence-electron chi connectivity index (χ2n) is 6.42. The highest BCUT2D eigenvalue weighted by Gasteiger charge is 2.25. The fraction of sp³-hybridized carbons (Fsp3) is 0.0952. The molecular weight excluding hydrogens is 427 g/mol. The van der Waals surface area contributed by atoms with Crippen molar-refractivity contribution in [3.05, 3.63) is 80.7 Å². The maximum Gasteiger partial charge on any atom is 0.264 e. The molecule has 0 radical (unpaired) electrons. The summed E-state index contributed by atoms with van der Waals surface area (Å²) in [5, 5.41) is 4.02. The van der Waals surface area contributed by atoms with Crippen LogP contribution in [0.3, 0.4) is 0 Å². The molecule has 5 nitrogen and oxygen atoms in total. The average Bonchev–Trinajstić information content (AvgIpc) is 3.18. The van der Waals surface area contributed by atoms with Gasteiger partial charge in [0.05, 0.1) is 20.6 Å². The number of carbonyl (C=O) groups excluding carboxylic acids is 1. The Balaban J connectivity index is 1.65. The minimum absolute atomic E-state index is 0.194. The second kappa shape index (κ2) is 8.06. The molecule has 0 unspecified atom stereocenters. The largest absolute Gasteiger partial charge is 0.318 e. The van der Waals surface area contributed by atoms with Gasteiger partial charge in [-0.15, -0.1) is 0 Å². The lowest BCUT2D eigenvalue weighted by Gasteiger charge is -2.08. The Hall–Kier alpha value is -2.54. The minimum Gasteiger partial charge on any atom is -0.318 e. The van der Waals surface area contributed by atoms with Gasteiger partial charge in [-0.25, -0.2) is 4.99 Å². The predicted octanol–water partition coefficient (Wildman–Crippen LogP) is 5.69. The first-order valence-corrected chi connectivity index (χ1v) is 10.3. The van der Waals surface area contributed by atoms with Crippen molar-refractivity contribution in [2.45, 2.75) is 13.8 Å². The molecule has 0 spiro atoms. The summed E-state index contributed by atoms with van der Waals surface area (Å²) in [6, 6.07) is 11.2. The van der Waals surface area contributed by atoms with Gasteiger partial charge in [0.1, 0.15) is 0 Å². The van der Waals surface area contributed by atoms with E-state index in [9.17, 15) is 4.79 Å². The van der Waals surface area contributed by atoms with E-state index < -0.39 is 0 Å². The van der Waals surface area contributed by atoms with E-state index in [1.54, 1.807) is 30.6 Å². The molecule has 1 aliphatic rings. The van der Waals surface area contributed by atoms with E-state index in [0.29, 0.717) is 25.8 Å². The molecule has 2 aromatic heterocycles. The Labute approximate surface area is 182 Å². The zero-order valence-corrected chi connectivity index (χ0v) is 17.9. The fourth-order valence-electron chi connectivity index (χ4n) is 3.13. The number of benzene rings is 1. The number of nitrogens with one attached hydrogen (secondary N) is 1. The van der Waals surface area contributed by atoms with Crippen LogP contribution in [0.15, 0.2) is 58.7 Å². The molecule has 29 heavy (non-hydrogen) atoms. The van der Waals surface area contributed by atoms with Crippen LogP contribution in [0.2, 0.25) is 10.0 Å². The van der Waals surface area contributed by atoms with E-state index in [1.807, 2.05) is 32.1 Å². The third kappa shape index (κ3) is 3.96. The minimum atomic E-state index is -0.194. The van der Waals surface area contributed by atoms with Gasteiger partial charge < -0.3 is 9.88 Å². The fourth-order valence-corrected chi connectivity index (χ4v) is 4.30. The van der Waals surface area contributed by atoms with Gasteiger partial charge in [0, 0.05) is 29.5 Å². The van der Waals surface area contributed by atoms with Crippen molar-refractivity contribution < 1.29 is 4.79 Å². The average molecular weight is 443 g/mol. The topological polar surface area (TPSA) is 59.3 Å². The third-order valence-electron chi connectivity index (χ3n) is 4.48. The van der Waals surface area contributed by atoms with Crippen molar-refractivity contribution in [1.29, 1.82) is 0 Å². The lowest BCUT2D eigenvalue weighted by Crippen LogP contribution is -2.19. The van der Waals surface area contributed by atoms with E-state index in [-0.39, 0.29) is 5.91 Å². The van der Waals surface area contributed by atoms with Crippen molar-refractivity contribution in [3.8, 4) is 5.69 Å². The summed E-state index contributed by atoms with van der Waals surface area (Å²) in [5.41, 5.74) is 4.63. The molecule has 4 rings (SSSR count). The highest BCUT2D eigenvalue weighted by molar-refractivity contribution is 8.18. The summed E-state index contributed by atoms with van der Waals surface area (Å²) in [7, 11) is 0. The maximum atomic E-state index is 12.4. The molecular formula is C21H16Cl2N4OS. The number of pyridine rings is 1. The molecule has 1 N–H and O–H groups in total. The first-order valence-electron chi connectivity index (χ1n) is 8.77. The number of aryl methyl sites for hydroxylation is 1. The van der Waals surface area contributed by atoms with Gasteiger partial charge in [0.15, 0.2) is 5.17 Å². The lowest BCUT2D eigenvalue weighted by atomic mass is 10.2. The van der Waals surface area contributed by atoms with Crippen LogP contribution < -0.4 is 5.32 Å². The number of carbonyl (C=O) groups is 1. The molecule has 0 saturated carbocycles. The van der Waals surface area contributed by atoms with E-state index in [1.165, 1.54) is 11.8 Å². The number of aliphatic imine (C=N–C) groups is 1. The van der Waals surface area contributed by atoms with Crippen molar-refractivity contribution in [2.75, 3.05) is 0 Å². The van der Waals surface area contributed by atoms with Crippen LogP contribution in [-0.4, -0.2) is 20.6 Å². The first-order chi connectivity index (χ1) is 13.9. The van der Waals surface area contributed by atoms with Crippen molar-refractivity contribution in [2.24, 2.45) is 4.99 Å². The Morgan fingerprint density at radius 2 is 1.93 bits per heavy atom. The van der Waals surface area contributed by atoms with Crippen molar-refractivity contribution in [3.63, 3.8) is 0 Å². The van der Waals surface area contributed by atoms with Crippen molar-refractivity contribution in [1.82, 2.24) is 14.9 Å². The molecule has 0 aliphatic carbocycles. The predicted molar refractivity (Wildman–Crippen MR) is 120 cm³/mol. The number of amides is 1. The Morgan fingerprint density at radius 1 is 1.17 bits per heavy atom. The Bertz CT molecular complexity index is 1170. The first kappa shape index (κ1) is 19.8. The van der Waals surface area contributed by atoms with Crippen LogP contribution in [0, 0.1) is 13.8 Å². The van der Waals surface area contributed by atoms with E-state index in [0.717, 1.165) is 22.6 Å². The highest BCUT2D eigenvalue weighted by Crippen LogP contribution is 2.35. The normalized spacial score (nSPS) is 16.6. The summed E-state index contributed by atoms with van der Waals surface area (Å²) in [6.45, 7) is 4.06. The smallest absolute Gasteiger partial charge is 0.264 e. The molecule has 1 aromatic carbocycles. The van der Waals surface area contributed by atoms with Crippen LogP contribution in [-0.2, 0) is 4.79 Å². The molecule has 1 fully saturated rings. The molecule has 1 saturated heterocycles. The van der Waals surface area contributed by atoms with Gasteiger partial charge >= 0.3 is 0 Å². The van der Waals surface area contributed by atoms with Gasteiger partial charge in [0.25, 0.3) is 5.91 Å². The molecule has 1 amide bonds. The lowest BCUT2D eigenvalue weighted by molar-refractivity contribution is -0.115. The van der Waals surface area contributed by atoms with E-state index >= 15 is 0 Å². The summed E-state index contributed by atoms with van der Waals surface area (Å²) < 4.78 is 2.13. The number of hydrogen-bond donors (Lipinski definition) is 1. The molecule has 3 aromatic rings. The van der Waals surface area contributed by atoms with E-state index in [4.69, 9.17) is 23.2 Å². The van der Waals surface area contributed by atoms with Crippen LogP contribution >= 0.6 is 35.0 Å². The number of halogens is 2. The number of rotatable bonds is 3. The highest BCUT2D eigenvalue weighted by atomic mass is 35.5. The van der Waals surface area contributed by atoms with Crippen molar-refractivity contribution >= 4 is 57.8 Å². The van der Waals surface area contributed by atoms with Gasteiger partial charge in [-0.1, -0.05) is 29.3 Å². The second-order valence-corrected chi connectivity index (χ2v) is 8.24. The third-order valence-corrected chi connectivity index (χ3v) is 6.20. The number of thioether (sulfide) groups is 1. The zero-order valence-electron chi connectivity index (χ0n) is 15.6. The number of hydrogen-bond acceptors (Lipinski definition) is 4. The standard InChI is InChI=1S/C21H16Cl2N4OS/c1-12-10-14(13(2)27(12)15-6-8-24-9-7-15)11-18-20(28)26-21(29-18)25-17-5-3-4-16(22)19(17)23/h3-11H,1-2H3,(H,25,26,28)/b18-11+. The quantitative estimate of drug-likeness (QED) is 0.530. The van der Waals surface area contributed by atoms with Crippen LogP contribution in [0.4, 0.5) is 5.69 Å². The van der Waals surface area contributed by atoms with Gasteiger partial charge in [0.2, 0.25) is 0 Å². The van der Waals surface area contributed by atoms with E-state index in [2.05, 4.69) is 25.9 Å². The maximum absolute atomic E-state index is 12.4.